The van der Waals surface area contributed by atoms with Gasteiger partial charge in [-0.2, -0.15) is 0 Å². The normalized spacial score (nSPS) is 12.5. The number of rotatable bonds is 6. The van der Waals surface area contributed by atoms with Gasteiger partial charge in [0.1, 0.15) is 18.1 Å². The van der Waals surface area contributed by atoms with E-state index in [0.29, 0.717) is 23.7 Å². The molecule has 1 rings (SSSR count). The van der Waals surface area contributed by atoms with Crippen molar-refractivity contribution in [1.29, 1.82) is 0 Å². The molecular weight excluding hydrogens is 220 g/mol. The molecule has 0 saturated heterocycles. The van der Waals surface area contributed by atoms with Gasteiger partial charge in [-0.15, -0.1) is 0 Å². The molecule has 0 aliphatic rings. The molecular formula is C12H20N2O3. The van der Waals surface area contributed by atoms with Gasteiger partial charge in [0.25, 0.3) is 5.91 Å². The van der Waals surface area contributed by atoms with Crippen molar-refractivity contribution < 1.29 is 13.9 Å². The first-order chi connectivity index (χ1) is 8.08. The molecule has 5 nitrogen and oxygen atoms in total. The molecule has 17 heavy (non-hydrogen) atoms. The summed E-state index contributed by atoms with van der Waals surface area (Å²) in [6, 6.07) is 1.66. The fraction of sp³-hybridized carbons (Fsp3) is 0.583. The zero-order valence-corrected chi connectivity index (χ0v) is 10.6. The van der Waals surface area contributed by atoms with Crippen LogP contribution >= 0.6 is 0 Å². The molecule has 0 spiro atoms. The predicted octanol–water partition coefficient (Wildman–Crippen LogP) is 1.90. The molecule has 0 radical (unpaired) electrons. The first-order valence-electron chi connectivity index (χ1n) is 5.80. The van der Waals surface area contributed by atoms with Crippen LogP contribution in [-0.4, -0.2) is 12.0 Å². The van der Waals surface area contributed by atoms with Crippen LogP contribution in [0.5, 0.6) is 0 Å². The number of amides is 1. The minimum absolute atomic E-state index is 0.192. The van der Waals surface area contributed by atoms with Crippen LogP contribution < -0.4 is 11.3 Å². The summed E-state index contributed by atoms with van der Waals surface area (Å²) in [5, 5.41) is 0. The molecule has 0 bridgehead atoms. The van der Waals surface area contributed by atoms with Gasteiger partial charge in [0.2, 0.25) is 0 Å². The summed E-state index contributed by atoms with van der Waals surface area (Å²) in [4.78, 5) is 11.4. The van der Waals surface area contributed by atoms with Gasteiger partial charge < -0.3 is 9.15 Å². The van der Waals surface area contributed by atoms with Gasteiger partial charge in [-0.25, -0.2) is 5.84 Å². The molecule has 0 saturated carbocycles. The maximum atomic E-state index is 11.4. The van der Waals surface area contributed by atoms with Gasteiger partial charge in [-0.05, 0) is 26.3 Å². The Balaban J connectivity index is 2.58. The lowest BCUT2D eigenvalue weighted by Crippen LogP contribution is -2.30. The molecule has 1 heterocycles. The number of carbonyl (C=O) groups excluding carboxylic acids is 1. The van der Waals surface area contributed by atoms with E-state index >= 15 is 0 Å². The third-order valence-electron chi connectivity index (χ3n) is 2.55. The number of aryl methyl sites for hydroxylation is 1. The molecule has 96 valence electrons. The molecule has 1 atom stereocenters. The Bertz CT molecular complexity index is 374. The van der Waals surface area contributed by atoms with Crippen LogP contribution in [0, 0.1) is 6.92 Å². The molecule has 1 amide bonds. The summed E-state index contributed by atoms with van der Waals surface area (Å²) in [7, 11) is 0. The van der Waals surface area contributed by atoms with E-state index in [1.807, 2.05) is 6.92 Å². The van der Waals surface area contributed by atoms with Crippen molar-refractivity contribution in [3.05, 3.63) is 23.2 Å². The van der Waals surface area contributed by atoms with Crippen LogP contribution in [-0.2, 0) is 11.3 Å². The Morgan fingerprint density at radius 1 is 1.65 bits per heavy atom. The van der Waals surface area contributed by atoms with Crippen LogP contribution in [0.25, 0.3) is 0 Å². The minimum atomic E-state index is -0.348. The zero-order valence-electron chi connectivity index (χ0n) is 10.6. The van der Waals surface area contributed by atoms with Crippen LogP contribution in [0.15, 0.2) is 10.5 Å². The Morgan fingerprint density at radius 3 is 2.94 bits per heavy atom. The SMILES string of the molecule is CCCC(C)OCc1cc(C(=O)NN)c(C)o1. The average molecular weight is 240 g/mol. The molecule has 0 fully saturated rings. The number of hydrogen-bond acceptors (Lipinski definition) is 4. The van der Waals surface area contributed by atoms with Crippen molar-refractivity contribution in [3.8, 4) is 0 Å². The maximum Gasteiger partial charge on any atom is 0.268 e. The van der Waals surface area contributed by atoms with E-state index in [4.69, 9.17) is 15.0 Å². The summed E-state index contributed by atoms with van der Waals surface area (Å²) in [5.41, 5.74) is 2.53. The number of carbonyl (C=O) groups is 1. The molecule has 1 aromatic heterocycles. The van der Waals surface area contributed by atoms with Crippen molar-refractivity contribution in [2.45, 2.75) is 46.3 Å². The highest BCUT2D eigenvalue weighted by atomic mass is 16.5. The van der Waals surface area contributed by atoms with E-state index in [1.165, 1.54) is 0 Å². The lowest BCUT2D eigenvalue weighted by molar-refractivity contribution is 0.0369. The summed E-state index contributed by atoms with van der Waals surface area (Å²) < 4.78 is 11.0. The van der Waals surface area contributed by atoms with Crippen molar-refractivity contribution in [2.24, 2.45) is 5.84 Å². The van der Waals surface area contributed by atoms with E-state index < -0.39 is 0 Å². The second kappa shape index (κ2) is 6.42. The number of furan rings is 1. The standard InChI is InChI=1S/C12H20N2O3/c1-4-5-8(2)16-7-10-6-11(9(3)17-10)12(15)14-13/h6,8H,4-5,7,13H2,1-3H3,(H,14,15). The van der Waals surface area contributed by atoms with Gasteiger partial charge in [0, 0.05) is 0 Å². The van der Waals surface area contributed by atoms with E-state index in [1.54, 1.807) is 13.0 Å². The number of nitrogens with one attached hydrogen (secondary N) is 1. The van der Waals surface area contributed by atoms with Gasteiger partial charge in [-0.1, -0.05) is 13.3 Å². The maximum absolute atomic E-state index is 11.4. The third-order valence-corrected chi connectivity index (χ3v) is 2.55. The highest BCUT2D eigenvalue weighted by Crippen LogP contribution is 2.16. The largest absolute Gasteiger partial charge is 0.463 e. The minimum Gasteiger partial charge on any atom is -0.463 e. The van der Waals surface area contributed by atoms with E-state index in [-0.39, 0.29) is 12.0 Å². The molecule has 3 N–H and O–H groups in total. The second-order valence-corrected chi connectivity index (χ2v) is 4.07. The zero-order chi connectivity index (χ0) is 12.8. The first kappa shape index (κ1) is 13.7. The smallest absolute Gasteiger partial charge is 0.268 e. The van der Waals surface area contributed by atoms with Crippen LogP contribution in [0.4, 0.5) is 0 Å². The fourth-order valence-corrected chi connectivity index (χ4v) is 1.63. The van der Waals surface area contributed by atoms with E-state index in [0.717, 1.165) is 12.8 Å². The second-order valence-electron chi connectivity index (χ2n) is 4.07. The van der Waals surface area contributed by atoms with Gasteiger partial charge in [-0.3, -0.25) is 10.2 Å². The molecule has 0 aliphatic carbocycles. The van der Waals surface area contributed by atoms with Crippen molar-refractivity contribution in [2.75, 3.05) is 0 Å². The number of ether oxygens (including phenoxy) is 1. The van der Waals surface area contributed by atoms with Crippen molar-refractivity contribution in [3.63, 3.8) is 0 Å². The Morgan fingerprint density at radius 2 is 2.35 bits per heavy atom. The topological polar surface area (TPSA) is 77.5 Å². The van der Waals surface area contributed by atoms with Gasteiger partial charge >= 0.3 is 0 Å². The molecule has 1 unspecified atom stereocenters. The summed E-state index contributed by atoms with van der Waals surface area (Å²) >= 11 is 0. The Kier molecular flexibility index (Phi) is 5.18. The number of nitrogens with two attached hydrogens (primary N) is 1. The highest BCUT2D eigenvalue weighted by Gasteiger charge is 2.14. The average Bonchev–Trinajstić information content (AvgIpc) is 2.67. The summed E-state index contributed by atoms with van der Waals surface area (Å²) in [5.74, 6) is 5.92. The lowest BCUT2D eigenvalue weighted by Gasteiger charge is -2.09. The number of hydrazine groups is 1. The lowest BCUT2D eigenvalue weighted by atomic mass is 10.2. The van der Waals surface area contributed by atoms with E-state index in [9.17, 15) is 4.79 Å². The Labute approximate surface area is 101 Å². The van der Waals surface area contributed by atoms with Gasteiger partial charge in [0.05, 0.1) is 11.7 Å². The first-order valence-corrected chi connectivity index (χ1v) is 5.80. The number of nitrogen functional groups attached to an aromatic ring is 1. The molecule has 5 heteroatoms. The predicted molar refractivity (Wildman–Crippen MR) is 64.3 cm³/mol. The van der Waals surface area contributed by atoms with Crippen molar-refractivity contribution in [1.82, 2.24) is 5.43 Å². The summed E-state index contributed by atoms with van der Waals surface area (Å²) in [6.45, 7) is 6.23. The van der Waals surface area contributed by atoms with Gasteiger partial charge in [0.15, 0.2) is 0 Å². The quantitative estimate of drug-likeness (QED) is 0.452. The highest BCUT2D eigenvalue weighted by molar-refractivity contribution is 5.94. The number of hydrogen-bond donors (Lipinski definition) is 2. The third kappa shape index (κ3) is 3.87. The Hall–Kier alpha value is -1.33. The molecule has 1 aromatic rings. The van der Waals surface area contributed by atoms with Crippen molar-refractivity contribution >= 4 is 5.91 Å². The summed E-state index contributed by atoms with van der Waals surface area (Å²) in [6.07, 6.45) is 2.28. The van der Waals surface area contributed by atoms with E-state index in [2.05, 4.69) is 12.3 Å². The molecule has 0 aromatic carbocycles. The molecule has 0 aliphatic heterocycles. The monoisotopic (exact) mass is 240 g/mol. The van der Waals surface area contributed by atoms with Crippen LogP contribution in [0.2, 0.25) is 0 Å². The van der Waals surface area contributed by atoms with Crippen LogP contribution in [0.1, 0.15) is 48.6 Å². The van der Waals surface area contributed by atoms with Crippen LogP contribution in [0.3, 0.4) is 0 Å². The fourth-order valence-electron chi connectivity index (χ4n) is 1.63.